The molecule has 1 aliphatic rings. The lowest BCUT2D eigenvalue weighted by molar-refractivity contribution is -0.128. The van der Waals surface area contributed by atoms with Gasteiger partial charge in [-0.05, 0) is 37.3 Å². The number of hydrogen-bond donors (Lipinski definition) is 0. The Labute approximate surface area is 173 Å². The number of piperazine rings is 1. The van der Waals surface area contributed by atoms with Crippen LogP contribution in [0.15, 0.2) is 52.9 Å². The molecule has 146 valence electrons. The molecule has 2 aromatic carbocycles. The minimum Gasteiger partial charge on any atom is -0.494 e. The molecule has 1 fully saturated rings. The Bertz CT molecular complexity index is 937. The molecule has 5 nitrogen and oxygen atoms in total. The number of rotatable bonds is 6. The first-order chi connectivity index (χ1) is 13.7. The highest BCUT2D eigenvalue weighted by Crippen LogP contribution is 2.32. The topological polar surface area (TPSA) is 45.7 Å². The number of anilines is 1. The predicted molar refractivity (Wildman–Crippen MR) is 117 cm³/mol. The van der Waals surface area contributed by atoms with Crippen LogP contribution in [0.4, 0.5) is 5.69 Å². The van der Waals surface area contributed by atoms with Gasteiger partial charge in [0.05, 0.1) is 22.6 Å². The summed E-state index contributed by atoms with van der Waals surface area (Å²) in [6.07, 6.45) is 0. The third kappa shape index (κ3) is 4.42. The van der Waals surface area contributed by atoms with Gasteiger partial charge in [-0.1, -0.05) is 30.0 Å². The normalized spacial score (nSPS) is 14.5. The standard InChI is InChI=1S/C21H23N3O2S2/c1-2-26-17-8-9-18-19(14-17)28-21(22-18)27-15-20(25)24-12-10-23(11-13-24)16-6-4-3-5-7-16/h3-9,14H,2,10-13,15H2,1H3. The fraction of sp³-hybridized carbons (Fsp3) is 0.333. The smallest absolute Gasteiger partial charge is 0.233 e. The lowest BCUT2D eigenvalue weighted by Gasteiger charge is -2.36. The van der Waals surface area contributed by atoms with Crippen molar-refractivity contribution in [3.05, 3.63) is 48.5 Å². The van der Waals surface area contributed by atoms with Crippen LogP contribution >= 0.6 is 23.1 Å². The third-order valence-corrected chi connectivity index (χ3v) is 6.87. The number of amides is 1. The highest BCUT2D eigenvalue weighted by Gasteiger charge is 2.21. The van der Waals surface area contributed by atoms with E-state index in [4.69, 9.17) is 4.74 Å². The van der Waals surface area contributed by atoms with Gasteiger partial charge >= 0.3 is 0 Å². The number of hydrogen-bond acceptors (Lipinski definition) is 6. The van der Waals surface area contributed by atoms with Gasteiger partial charge in [-0.3, -0.25) is 4.79 Å². The van der Waals surface area contributed by atoms with Gasteiger partial charge in [0, 0.05) is 31.9 Å². The van der Waals surface area contributed by atoms with E-state index in [0.29, 0.717) is 12.4 Å². The van der Waals surface area contributed by atoms with Crippen molar-refractivity contribution in [3.8, 4) is 5.75 Å². The van der Waals surface area contributed by atoms with Crippen LogP contribution in [0.3, 0.4) is 0 Å². The monoisotopic (exact) mass is 413 g/mol. The third-order valence-electron chi connectivity index (χ3n) is 4.72. The molecular weight excluding hydrogens is 390 g/mol. The zero-order valence-electron chi connectivity index (χ0n) is 15.8. The zero-order chi connectivity index (χ0) is 19.3. The number of aromatic nitrogens is 1. The maximum atomic E-state index is 12.6. The van der Waals surface area contributed by atoms with Gasteiger partial charge < -0.3 is 14.5 Å². The summed E-state index contributed by atoms with van der Waals surface area (Å²) in [4.78, 5) is 21.5. The average Bonchev–Trinajstić information content (AvgIpc) is 3.15. The lowest BCUT2D eigenvalue weighted by Crippen LogP contribution is -2.49. The first-order valence-corrected chi connectivity index (χ1v) is 11.3. The van der Waals surface area contributed by atoms with Gasteiger partial charge in [0.15, 0.2) is 4.34 Å². The lowest BCUT2D eigenvalue weighted by atomic mass is 10.2. The van der Waals surface area contributed by atoms with Crippen molar-refractivity contribution >= 4 is 44.9 Å². The highest BCUT2D eigenvalue weighted by molar-refractivity contribution is 8.01. The number of ether oxygens (including phenoxy) is 1. The zero-order valence-corrected chi connectivity index (χ0v) is 17.5. The quantitative estimate of drug-likeness (QED) is 0.569. The maximum absolute atomic E-state index is 12.6. The number of fused-ring (bicyclic) bond motifs is 1. The summed E-state index contributed by atoms with van der Waals surface area (Å²) in [6.45, 7) is 5.92. The molecule has 1 aliphatic heterocycles. The van der Waals surface area contributed by atoms with Crippen LogP contribution in [0, 0.1) is 0 Å². The van der Waals surface area contributed by atoms with E-state index in [1.165, 1.54) is 17.4 Å². The molecule has 0 radical (unpaired) electrons. The fourth-order valence-corrected chi connectivity index (χ4v) is 5.27. The van der Waals surface area contributed by atoms with Gasteiger partial charge in [0.25, 0.3) is 0 Å². The summed E-state index contributed by atoms with van der Waals surface area (Å²) >= 11 is 3.14. The molecule has 0 saturated carbocycles. The molecule has 7 heteroatoms. The van der Waals surface area contributed by atoms with Crippen molar-refractivity contribution in [2.45, 2.75) is 11.3 Å². The van der Waals surface area contributed by atoms with Gasteiger partial charge in [0.1, 0.15) is 5.75 Å². The summed E-state index contributed by atoms with van der Waals surface area (Å²) < 4.78 is 7.57. The Morgan fingerprint density at radius 1 is 1.14 bits per heavy atom. The fourth-order valence-electron chi connectivity index (χ4n) is 3.27. The number of thioether (sulfide) groups is 1. The van der Waals surface area contributed by atoms with Crippen LogP contribution in [0.25, 0.3) is 10.2 Å². The van der Waals surface area contributed by atoms with Crippen LogP contribution in [0.5, 0.6) is 5.75 Å². The Morgan fingerprint density at radius 3 is 2.68 bits per heavy atom. The van der Waals surface area contributed by atoms with Gasteiger partial charge in [-0.15, -0.1) is 11.3 Å². The van der Waals surface area contributed by atoms with E-state index < -0.39 is 0 Å². The summed E-state index contributed by atoms with van der Waals surface area (Å²) in [5.74, 6) is 1.48. The van der Waals surface area contributed by atoms with Crippen molar-refractivity contribution < 1.29 is 9.53 Å². The minimum atomic E-state index is 0.187. The molecule has 4 rings (SSSR count). The first kappa shape index (κ1) is 19.1. The molecule has 1 aromatic heterocycles. The molecule has 28 heavy (non-hydrogen) atoms. The van der Waals surface area contributed by atoms with Crippen molar-refractivity contribution in [3.63, 3.8) is 0 Å². The predicted octanol–water partition coefficient (Wildman–Crippen LogP) is 4.14. The minimum absolute atomic E-state index is 0.187. The summed E-state index contributed by atoms with van der Waals surface area (Å²) in [5, 5.41) is 0. The summed E-state index contributed by atoms with van der Waals surface area (Å²) in [6, 6.07) is 16.3. The molecule has 3 aromatic rings. The molecule has 0 N–H and O–H groups in total. The van der Waals surface area contributed by atoms with Crippen LogP contribution < -0.4 is 9.64 Å². The van der Waals surface area contributed by atoms with Crippen molar-refractivity contribution in [1.29, 1.82) is 0 Å². The summed E-state index contributed by atoms with van der Waals surface area (Å²) in [5.41, 5.74) is 2.18. The van der Waals surface area contributed by atoms with E-state index in [2.05, 4.69) is 34.1 Å². The average molecular weight is 414 g/mol. The van der Waals surface area contributed by atoms with Crippen LogP contribution in [-0.4, -0.2) is 54.3 Å². The Balaban J connectivity index is 1.30. The van der Waals surface area contributed by atoms with E-state index in [1.54, 1.807) is 11.3 Å². The largest absolute Gasteiger partial charge is 0.494 e. The molecule has 0 atom stereocenters. The summed E-state index contributed by atoms with van der Waals surface area (Å²) in [7, 11) is 0. The number of carbonyl (C=O) groups is 1. The molecule has 0 spiro atoms. The molecule has 1 saturated heterocycles. The van der Waals surface area contributed by atoms with E-state index in [-0.39, 0.29) is 5.91 Å². The number of carbonyl (C=O) groups excluding carboxylic acids is 1. The Kier molecular flexibility index (Phi) is 6.02. The molecule has 1 amide bonds. The molecule has 2 heterocycles. The Hall–Kier alpha value is -2.25. The van der Waals surface area contributed by atoms with Gasteiger partial charge in [-0.25, -0.2) is 4.98 Å². The first-order valence-electron chi connectivity index (χ1n) is 9.47. The van der Waals surface area contributed by atoms with Gasteiger partial charge in [-0.2, -0.15) is 0 Å². The van der Waals surface area contributed by atoms with Crippen molar-refractivity contribution in [1.82, 2.24) is 9.88 Å². The second kappa shape index (κ2) is 8.84. The van der Waals surface area contributed by atoms with E-state index >= 15 is 0 Å². The molecular formula is C21H23N3O2S2. The van der Waals surface area contributed by atoms with Gasteiger partial charge in [0.2, 0.25) is 5.91 Å². The van der Waals surface area contributed by atoms with E-state index in [9.17, 15) is 4.79 Å². The molecule has 0 bridgehead atoms. The van der Waals surface area contributed by atoms with Crippen LogP contribution in [-0.2, 0) is 4.79 Å². The van der Waals surface area contributed by atoms with Crippen LogP contribution in [0.2, 0.25) is 0 Å². The van der Waals surface area contributed by atoms with E-state index in [0.717, 1.165) is 46.5 Å². The number of benzene rings is 2. The van der Waals surface area contributed by atoms with Crippen molar-refractivity contribution in [2.75, 3.05) is 43.4 Å². The highest BCUT2D eigenvalue weighted by atomic mass is 32.2. The number of nitrogens with zero attached hydrogens (tertiary/aromatic N) is 3. The van der Waals surface area contributed by atoms with Crippen LogP contribution in [0.1, 0.15) is 6.92 Å². The van der Waals surface area contributed by atoms with Crippen molar-refractivity contribution in [2.24, 2.45) is 0 Å². The second-order valence-electron chi connectivity index (χ2n) is 6.53. The molecule has 0 aliphatic carbocycles. The molecule has 0 unspecified atom stereocenters. The number of thiazole rings is 1. The maximum Gasteiger partial charge on any atom is 0.233 e. The SMILES string of the molecule is CCOc1ccc2nc(SCC(=O)N3CCN(c4ccccc4)CC3)sc2c1. The number of para-hydroxylation sites is 1. The second-order valence-corrected chi connectivity index (χ2v) is 8.79. The van der Waals surface area contributed by atoms with E-state index in [1.807, 2.05) is 36.1 Å². The Morgan fingerprint density at radius 2 is 1.93 bits per heavy atom.